The van der Waals surface area contributed by atoms with Crippen molar-refractivity contribution in [3.05, 3.63) is 29.8 Å². The standard InChI is InChI=1S/C16H18O3/c17-15-14-10-6-2-1-3-7-11(10)16(14,18)12-8-4-5-9-13(12)19-15/h4-5,8-11,14,18H,1-3,6-7H2/t10-,11+,14-,16+/m0/s1. The Morgan fingerprint density at radius 2 is 1.95 bits per heavy atom. The first-order valence-electron chi connectivity index (χ1n) is 7.26. The van der Waals surface area contributed by atoms with Crippen molar-refractivity contribution in [2.75, 3.05) is 0 Å². The summed E-state index contributed by atoms with van der Waals surface area (Å²) in [6.07, 6.45) is 5.62. The van der Waals surface area contributed by atoms with Gasteiger partial charge in [0.05, 0.1) is 5.92 Å². The molecule has 100 valence electrons. The maximum Gasteiger partial charge on any atom is 0.317 e. The summed E-state index contributed by atoms with van der Waals surface area (Å²) in [6, 6.07) is 7.46. The molecule has 1 N–H and O–H groups in total. The molecule has 1 aromatic rings. The summed E-state index contributed by atoms with van der Waals surface area (Å²) in [5, 5.41) is 11.2. The van der Waals surface area contributed by atoms with E-state index in [4.69, 9.17) is 4.74 Å². The molecule has 1 heterocycles. The Morgan fingerprint density at radius 3 is 2.84 bits per heavy atom. The van der Waals surface area contributed by atoms with Gasteiger partial charge < -0.3 is 9.84 Å². The van der Waals surface area contributed by atoms with Crippen molar-refractivity contribution in [2.45, 2.75) is 37.7 Å². The average Bonchev–Trinajstić information content (AvgIpc) is 2.61. The summed E-state index contributed by atoms with van der Waals surface area (Å²) in [5.41, 5.74) is -0.149. The van der Waals surface area contributed by atoms with E-state index in [0.717, 1.165) is 24.8 Å². The molecule has 3 aliphatic rings. The molecule has 0 bridgehead atoms. The lowest BCUT2D eigenvalue weighted by atomic mass is 9.49. The molecule has 1 aliphatic heterocycles. The Bertz CT molecular complexity index is 539. The highest BCUT2D eigenvalue weighted by molar-refractivity contribution is 5.82. The van der Waals surface area contributed by atoms with Crippen molar-refractivity contribution in [3.8, 4) is 5.75 Å². The predicted octanol–water partition coefficient (Wildman–Crippen LogP) is 2.62. The maximum absolute atomic E-state index is 12.2. The molecule has 3 heteroatoms. The Labute approximate surface area is 112 Å². The first kappa shape index (κ1) is 11.5. The van der Waals surface area contributed by atoms with Crippen LogP contribution in [0.25, 0.3) is 0 Å². The smallest absolute Gasteiger partial charge is 0.317 e. The van der Waals surface area contributed by atoms with Crippen molar-refractivity contribution in [3.63, 3.8) is 0 Å². The fourth-order valence-corrected chi connectivity index (χ4v) is 4.50. The molecule has 0 radical (unpaired) electrons. The van der Waals surface area contributed by atoms with E-state index in [1.165, 1.54) is 12.8 Å². The van der Waals surface area contributed by atoms with Crippen LogP contribution >= 0.6 is 0 Å². The number of hydrogen-bond acceptors (Lipinski definition) is 3. The van der Waals surface area contributed by atoms with Gasteiger partial charge in [-0.25, -0.2) is 0 Å². The second-order valence-electron chi connectivity index (χ2n) is 6.13. The summed E-state index contributed by atoms with van der Waals surface area (Å²) in [5.74, 6) is 0.520. The molecule has 0 unspecified atom stereocenters. The lowest BCUT2D eigenvalue weighted by Gasteiger charge is -2.59. The number of carbonyl (C=O) groups excluding carboxylic acids is 1. The summed E-state index contributed by atoms with van der Waals surface area (Å²) < 4.78 is 5.42. The second-order valence-corrected chi connectivity index (χ2v) is 6.13. The normalized spacial score (nSPS) is 40.1. The van der Waals surface area contributed by atoms with E-state index >= 15 is 0 Å². The Kier molecular flexibility index (Phi) is 2.31. The van der Waals surface area contributed by atoms with Crippen LogP contribution in [-0.4, -0.2) is 11.1 Å². The minimum atomic E-state index is -0.971. The highest BCUT2D eigenvalue weighted by Gasteiger charge is 2.67. The zero-order valence-corrected chi connectivity index (χ0v) is 10.8. The first-order chi connectivity index (χ1) is 9.23. The number of carbonyl (C=O) groups is 1. The number of rotatable bonds is 0. The third-order valence-electron chi connectivity index (χ3n) is 5.32. The number of esters is 1. The summed E-state index contributed by atoms with van der Waals surface area (Å²) >= 11 is 0. The topological polar surface area (TPSA) is 46.5 Å². The molecule has 0 saturated heterocycles. The van der Waals surface area contributed by atoms with Crippen LogP contribution in [0.2, 0.25) is 0 Å². The van der Waals surface area contributed by atoms with Gasteiger partial charge in [-0.2, -0.15) is 0 Å². The van der Waals surface area contributed by atoms with Crippen molar-refractivity contribution < 1.29 is 14.6 Å². The summed E-state index contributed by atoms with van der Waals surface area (Å²) in [4.78, 5) is 12.2. The largest absolute Gasteiger partial charge is 0.426 e. The van der Waals surface area contributed by atoms with Crippen LogP contribution in [0.3, 0.4) is 0 Å². The van der Waals surface area contributed by atoms with Gasteiger partial charge in [-0.05, 0) is 30.7 Å². The Morgan fingerprint density at radius 1 is 1.16 bits per heavy atom. The van der Waals surface area contributed by atoms with E-state index < -0.39 is 5.60 Å². The molecular formula is C16H18O3. The van der Waals surface area contributed by atoms with E-state index in [0.29, 0.717) is 11.7 Å². The van der Waals surface area contributed by atoms with E-state index in [2.05, 4.69) is 0 Å². The third-order valence-corrected chi connectivity index (χ3v) is 5.32. The van der Waals surface area contributed by atoms with Gasteiger partial charge >= 0.3 is 5.97 Å². The fraction of sp³-hybridized carbons (Fsp3) is 0.562. The van der Waals surface area contributed by atoms with Crippen LogP contribution < -0.4 is 4.74 Å². The van der Waals surface area contributed by atoms with Crippen LogP contribution in [0.15, 0.2) is 24.3 Å². The molecule has 0 aromatic heterocycles. The van der Waals surface area contributed by atoms with Gasteiger partial charge in [0.1, 0.15) is 11.4 Å². The first-order valence-corrected chi connectivity index (χ1v) is 7.26. The highest BCUT2D eigenvalue weighted by Crippen LogP contribution is 2.63. The van der Waals surface area contributed by atoms with Gasteiger partial charge in [0, 0.05) is 5.56 Å². The van der Waals surface area contributed by atoms with Crippen LogP contribution in [0.4, 0.5) is 0 Å². The molecule has 4 rings (SSSR count). The monoisotopic (exact) mass is 258 g/mol. The number of ether oxygens (including phenoxy) is 1. The molecule has 2 saturated carbocycles. The lowest BCUT2D eigenvalue weighted by molar-refractivity contribution is -0.226. The van der Waals surface area contributed by atoms with Crippen molar-refractivity contribution >= 4 is 5.97 Å². The molecular weight excluding hydrogens is 240 g/mol. The van der Waals surface area contributed by atoms with Gasteiger partial charge in [-0.3, -0.25) is 4.79 Å². The predicted molar refractivity (Wildman–Crippen MR) is 69.5 cm³/mol. The second kappa shape index (κ2) is 3.83. The third kappa shape index (κ3) is 1.34. The zero-order valence-electron chi connectivity index (χ0n) is 10.8. The summed E-state index contributed by atoms with van der Waals surface area (Å²) in [7, 11) is 0. The van der Waals surface area contributed by atoms with E-state index in [1.54, 1.807) is 6.07 Å². The van der Waals surface area contributed by atoms with Gasteiger partial charge in [-0.15, -0.1) is 0 Å². The van der Waals surface area contributed by atoms with Crippen molar-refractivity contribution in [1.82, 2.24) is 0 Å². The van der Waals surface area contributed by atoms with E-state index in [-0.39, 0.29) is 17.8 Å². The van der Waals surface area contributed by atoms with Gasteiger partial charge in [0.25, 0.3) is 0 Å². The zero-order chi connectivity index (χ0) is 13.0. The van der Waals surface area contributed by atoms with Crippen LogP contribution in [0.5, 0.6) is 5.75 Å². The minimum Gasteiger partial charge on any atom is -0.426 e. The van der Waals surface area contributed by atoms with E-state index in [9.17, 15) is 9.90 Å². The van der Waals surface area contributed by atoms with Crippen LogP contribution in [0, 0.1) is 17.8 Å². The molecule has 0 spiro atoms. The Balaban J connectivity index is 1.83. The number of fused-ring (bicyclic) bond motifs is 6. The quantitative estimate of drug-likeness (QED) is 0.575. The maximum atomic E-state index is 12.2. The van der Waals surface area contributed by atoms with Crippen molar-refractivity contribution in [1.29, 1.82) is 0 Å². The lowest BCUT2D eigenvalue weighted by Crippen LogP contribution is -2.65. The minimum absolute atomic E-state index is 0.231. The number of aliphatic hydroxyl groups is 1. The number of para-hydroxylation sites is 1. The molecule has 3 nitrogen and oxygen atoms in total. The number of hydrogen-bond donors (Lipinski definition) is 1. The van der Waals surface area contributed by atoms with Gasteiger partial charge in [-0.1, -0.05) is 37.5 Å². The highest BCUT2D eigenvalue weighted by atomic mass is 16.5. The summed E-state index contributed by atoms with van der Waals surface area (Å²) in [6.45, 7) is 0. The van der Waals surface area contributed by atoms with Gasteiger partial charge in [0.15, 0.2) is 0 Å². The van der Waals surface area contributed by atoms with Gasteiger partial charge in [0.2, 0.25) is 0 Å². The molecule has 0 amide bonds. The van der Waals surface area contributed by atoms with Crippen molar-refractivity contribution in [2.24, 2.45) is 17.8 Å². The SMILES string of the molecule is O=C1Oc2ccccc2[C@]2(O)[C@@H]3CCCCC[C@@H]3[C@@H]12. The van der Waals surface area contributed by atoms with Crippen LogP contribution in [-0.2, 0) is 10.4 Å². The molecule has 1 aromatic carbocycles. The number of benzene rings is 1. The van der Waals surface area contributed by atoms with E-state index in [1.807, 2.05) is 18.2 Å². The van der Waals surface area contributed by atoms with Crippen LogP contribution in [0.1, 0.15) is 37.7 Å². The fourth-order valence-electron chi connectivity index (χ4n) is 4.50. The molecule has 2 fully saturated rings. The molecule has 2 aliphatic carbocycles. The molecule has 19 heavy (non-hydrogen) atoms. The Hall–Kier alpha value is -1.35. The average molecular weight is 258 g/mol. The molecule has 4 atom stereocenters.